The summed E-state index contributed by atoms with van der Waals surface area (Å²) in [7, 11) is 0. The maximum atomic E-state index is 12.4. The predicted octanol–water partition coefficient (Wildman–Crippen LogP) is 1.30. The van der Waals surface area contributed by atoms with Crippen molar-refractivity contribution in [3.8, 4) is 0 Å². The Bertz CT molecular complexity index is 503. The molecule has 0 spiro atoms. The Morgan fingerprint density at radius 2 is 2.19 bits per heavy atom. The maximum absolute atomic E-state index is 12.4. The minimum atomic E-state index is -0.0867. The van der Waals surface area contributed by atoms with E-state index in [4.69, 9.17) is 0 Å². The predicted molar refractivity (Wildman–Crippen MR) is 84.1 cm³/mol. The molecule has 4 nitrogen and oxygen atoms in total. The summed E-state index contributed by atoms with van der Waals surface area (Å²) in [5.74, 6) is 0.146. The van der Waals surface area contributed by atoms with E-state index in [0.29, 0.717) is 6.04 Å². The van der Waals surface area contributed by atoms with E-state index >= 15 is 0 Å². The van der Waals surface area contributed by atoms with Crippen molar-refractivity contribution in [2.24, 2.45) is 0 Å². The van der Waals surface area contributed by atoms with Crippen molar-refractivity contribution in [2.75, 3.05) is 19.6 Å². The highest BCUT2D eigenvalue weighted by atomic mass is 16.2. The van der Waals surface area contributed by atoms with Gasteiger partial charge in [0.25, 0.3) is 0 Å². The fourth-order valence-electron chi connectivity index (χ4n) is 3.52. The summed E-state index contributed by atoms with van der Waals surface area (Å²) in [4.78, 5) is 14.8. The molecule has 0 radical (unpaired) electrons. The van der Waals surface area contributed by atoms with E-state index in [-0.39, 0.29) is 11.9 Å². The van der Waals surface area contributed by atoms with Crippen LogP contribution in [0.4, 0.5) is 0 Å². The van der Waals surface area contributed by atoms with Crippen LogP contribution in [-0.4, -0.2) is 42.5 Å². The first-order valence-electron chi connectivity index (χ1n) is 8.10. The number of amides is 1. The van der Waals surface area contributed by atoms with E-state index in [0.717, 1.165) is 26.1 Å². The Labute approximate surface area is 126 Å². The van der Waals surface area contributed by atoms with Crippen molar-refractivity contribution >= 4 is 5.91 Å². The Hall–Kier alpha value is -1.39. The summed E-state index contributed by atoms with van der Waals surface area (Å²) in [6.45, 7) is 6.02. The van der Waals surface area contributed by atoms with E-state index in [1.165, 1.54) is 30.5 Å². The number of benzene rings is 1. The Balaban J connectivity index is 1.52. The minimum absolute atomic E-state index is 0.0867. The van der Waals surface area contributed by atoms with Gasteiger partial charge in [-0.1, -0.05) is 31.2 Å². The summed E-state index contributed by atoms with van der Waals surface area (Å²) in [5, 5.41) is 6.50. The lowest BCUT2D eigenvalue weighted by Gasteiger charge is -2.27. The number of fused-ring (bicyclic) bond motifs is 1. The van der Waals surface area contributed by atoms with Gasteiger partial charge in [-0.05, 0) is 43.5 Å². The number of hydrogen-bond donors (Lipinski definition) is 2. The average Bonchev–Trinajstić information content (AvgIpc) is 2.99. The van der Waals surface area contributed by atoms with Gasteiger partial charge in [-0.3, -0.25) is 9.69 Å². The van der Waals surface area contributed by atoms with E-state index in [2.05, 4.69) is 46.7 Å². The van der Waals surface area contributed by atoms with Crippen LogP contribution in [0.5, 0.6) is 0 Å². The number of carbonyl (C=O) groups excluding carboxylic acids is 1. The van der Waals surface area contributed by atoms with E-state index in [9.17, 15) is 4.79 Å². The van der Waals surface area contributed by atoms with Crippen LogP contribution in [0, 0.1) is 0 Å². The van der Waals surface area contributed by atoms with Crippen molar-refractivity contribution in [3.05, 3.63) is 35.4 Å². The third-order valence-electron chi connectivity index (χ3n) is 4.81. The first-order chi connectivity index (χ1) is 10.3. The zero-order chi connectivity index (χ0) is 14.7. The topological polar surface area (TPSA) is 44.4 Å². The van der Waals surface area contributed by atoms with Crippen LogP contribution < -0.4 is 10.6 Å². The second-order valence-corrected chi connectivity index (χ2v) is 6.08. The normalized spacial score (nSPS) is 25.6. The first kappa shape index (κ1) is 14.5. The average molecular weight is 287 g/mol. The summed E-state index contributed by atoms with van der Waals surface area (Å²) in [6.07, 6.45) is 3.25. The molecule has 0 aliphatic carbocycles. The zero-order valence-electron chi connectivity index (χ0n) is 12.8. The van der Waals surface area contributed by atoms with Gasteiger partial charge in [0, 0.05) is 19.1 Å². The second-order valence-electron chi connectivity index (χ2n) is 6.08. The van der Waals surface area contributed by atoms with Crippen LogP contribution in [0.1, 0.15) is 30.9 Å². The fraction of sp³-hybridized carbons (Fsp3) is 0.588. The molecule has 3 rings (SSSR count). The lowest BCUT2D eigenvalue weighted by atomic mass is 9.95. The minimum Gasteiger partial charge on any atom is -0.353 e. The molecule has 1 unspecified atom stereocenters. The third kappa shape index (κ3) is 3.27. The number of rotatable bonds is 4. The van der Waals surface area contributed by atoms with Gasteiger partial charge < -0.3 is 10.6 Å². The van der Waals surface area contributed by atoms with Crippen molar-refractivity contribution < 1.29 is 4.79 Å². The molecule has 1 aromatic carbocycles. The van der Waals surface area contributed by atoms with Gasteiger partial charge >= 0.3 is 0 Å². The molecule has 114 valence electrons. The summed E-state index contributed by atoms with van der Waals surface area (Å²) < 4.78 is 0. The quantitative estimate of drug-likeness (QED) is 0.877. The molecule has 4 heteroatoms. The number of carbonyl (C=O) groups is 1. The Morgan fingerprint density at radius 1 is 1.38 bits per heavy atom. The summed E-state index contributed by atoms with van der Waals surface area (Å²) in [6, 6.07) is 8.81. The lowest BCUT2D eigenvalue weighted by molar-refractivity contribution is -0.123. The monoisotopic (exact) mass is 287 g/mol. The molecule has 2 aliphatic heterocycles. The Morgan fingerprint density at radius 3 is 3.00 bits per heavy atom. The van der Waals surface area contributed by atoms with E-state index in [1.807, 2.05) is 0 Å². The largest absolute Gasteiger partial charge is 0.353 e. The van der Waals surface area contributed by atoms with Crippen LogP contribution in [0.2, 0.25) is 0 Å². The lowest BCUT2D eigenvalue weighted by Crippen LogP contribution is -2.50. The van der Waals surface area contributed by atoms with Gasteiger partial charge in [0.2, 0.25) is 5.91 Å². The van der Waals surface area contributed by atoms with Crippen LogP contribution in [-0.2, 0) is 17.8 Å². The molecule has 1 aromatic rings. The van der Waals surface area contributed by atoms with Crippen LogP contribution in [0.25, 0.3) is 0 Å². The number of nitrogens with zero attached hydrogens (tertiary/aromatic N) is 1. The number of likely N-dealkylation sites (N-methyl/N-ethyl adjacent to an activating group) is 1. The molecule has 1 fully saturated rings. The van der Waals surface area contributed by atoms with Crippen molar-refractivity contribution in [2.45, 2.75) is 44.8 Å². The summed E-state index contributed by atoms with van der Waals surface area (Å²) >= 11 is 0. The number of likely N-dealkylation sites (tertiary alicyclic amines) is 1. The molecule has 2 N–H and O–H groups in total. The third-order valence-corrected chi connectivity index (χ3v) is 4.81. The van der Waals surface area contributed by atoms with Crippen molar-refractivity contribution in [1.29, 1.82) is 0 Å². The molecular formula is C17H25N3O. The number of nitrogens with one attached hydrogen (secondary N) is 2. The highest BCUT2D eigenvalue weighted by Gasteiger charge is 2.27. The molecule has 0 saturated carbocycles. The van der Waals surface area contributed by atoms with Crippen molar-refractivity contribution in [3.63, 3.8) is 0 Å². The first-order valence-corrected chi connectivity index (χ1v) is 8.10. The smallest absolute Gasteiger partial charge is 0.237 e. The van der Waals surface area contributed by atoms with Crippen LogP contribution >= 0.6 is 0 Å². The standard InChI is InChI=1S/C17H25N3O/c1-2-20-9-5-8-15(20)12-19-17(21)16-10-13-6-3-4-7-14(13)11-18-16/h3-4,6-7,15-16,18H,2,5,8-12H2,1H3,(H,19,21)/t15?,16-/m1/s1. The van der Waals surface area contributed by atoms with Gasteiger partial charge in [-0.25, -0.2) is 0 Å². The molecular weight excluding hydrogens is 262 g/mol. The molecule has 1 saturated heterocycles. The maximum Gasteiger partial charge on any atom is 0.237 e. The fourth-order valence-corrected chi connectivity index (χ4v) is 3.52. The van der Waals surface area contributed by atoms with Crippen LogP contribution in [0.3, 0.4) is 0 Å². The van der Waals surface area contributed by atoms with E-state index < -0.39 is 0 Å². The van der Waals surface area contributed by atoms with Gasteiger partial charge in [-0.15, -0.1) is 0 Å². The summed E-state index contributed by atoms with van der Waals surface area (Å²) in [5.41, 5.74) is 2.61. The molecule has 21 heavy (non-hydrogen) atoms. The second kappa shape index (κ2) is 6.58. The molecule has 2 aliphatic rings. The Kier molecular flexibility index (Phi) is 4.56. The zero-order valence-corrected chi connectivity index (χ0v) is 12.8. The van der Waals surface area contributed by atoms with Gasteiger partial charge in [0.1, 0.15) is 0 Å². The van der Waals surface area contributed by atoms with Crippen molar-refractivity contribution in [1.82, 2.24) is 15.5 Å². The van der Waals surface area contributed by atoms with Gasteiger partial charge in [0.05, 0.1) is 6.04 Å². The van der Waals surface area contributed by atoms with Gasteiger partial charge in [-0.2, -0.15) is 0 Å². The molecule has 0 bridgehead atoms. The van der Waals surface area contributed by atoms with E-state index in [1.54, 1.807) is 0 Å². The molecule has 2 heterocycles. The molecule has 2 atom stereocenters. The molecule has 1 amide bonds. The van der Waals surface area contributed by atoms with Crippen LogP contribution in [0.15, 0.2) is 24.3 Å². The number of hydrogen-bond acceptors (Lipinski definition) is 3. The molecule has 0 aromatic heterocycles. The highest BCUT2D eigenvalue weighted by Crippen LogP contribution is 2.17. The SMILES string of the molecule is CCN1CCCC1CNC(=O)[C@H]1Cc2ccccc2CN1. The van der Waals surface area contributed by atoms with Gasteiger partial charge in [0.15, 0.2) is 0 Å². The highest BCUT2D eigenvalue weighted by molar-refractivity contribution is 5.82.